The quantitative estimate of drug-likeness (QED) is 0.713. The highest BCUT2D eigenvalue weighted by Gasteiger charge is 2.30. The zero-order valence-electron chi connectivity index (χ0n) is 12.3. The second-order valence-electron chi connectivity index (χ2n) is 6.67. The zero-order valence-corrected chi connectivity index (χ0v) is 12.3. The number of carbonyl (C=O) groups excluding carboxylic acids is 2. The van der Waals surface area contributed by atoms with Gasteiger partial charge in [-0.05, 0) is 33.6 Å². The summed E-state index contributed by atoms with van der Waals surface area (Å²) in [6, 6.07) is 0. The summed E-state index contributed by atoms with van der Waals surface area (Å²) in [4.78, 5) is 23.4. The predicted molar refractivity (Wildman–Crippen MR) is 75.5 cm³/mol. The van der Waals surface area contributed by atoms with E-state index in [1.54, 1.807) is 0 Å². The van der Waals surface area contributed by atoms with Gasteiger partial charge < -0.3 is 16.4 Å². The standard InChI is InChI=1S/C14H27N3O2/c1-13(2,3)17-12(19)10-16-11(18)9-14(15)7-5-4-6-8-14/h4-10,15H2,1-3H3,(H,16,18)(H,17,19). The lowest BCUT2D eigenvalue weighted by Gasteiger charge is -2.32. The van der Waals surface area contributed by atoms with Crippen molar-refractivity contribution in [3.63, 3.8) is 0 Å². The van der Waals surface area contributed by atoms with Crippen LogP contribution in [0.15, 0.2) is 0 Å². The van der Waals surface area contributed by atoms with Crippen LogP contribution in [0.2, 0.25) is 0 Å². The highest BCUT2D eigenvalue weighted by Crippen LogP contribution is 2.28. The lowest BCUT2D eigenvalue weighted by molar-refractivity contribution is -0.127. The molecule has 0 radical (unpaired) electrons. The van der Waals surface area contributed by atoms with Gasteiger partial charge in [-0.3, -0.25) is 9.59 Å². The average Bonchev–Trinajstić information content (AvgIpc) is 2.24. The minimum absolute atomic E-state index is 0.0200. The molecule has 0 aromatic rings. The van der Waals surface area contributed by atoms with Crippen LogP contribution in [0, 0.1) is 0 Å². The predicted octanol–water partition coefficient (Wildman–Crippen LogP) is 1.07. The van der Waals surface area contributed by atoms with E-state index in [1.165, 1.54) is 6.42 Å². The van der Waals surface area contributed by atoms with E-state index in [0.717, 1.165) is 25.7 Å². The van der Waals surface area contributed by atoms with Crippen molar-refractivity contribution in [2.75, 3.05) is 6.54 Å². The SMILES string of the molecule is CC(C)(C)NC(=O)CNC(=O)CC1(N)CCCCC1. The third-order valence-corrected chi connectivity index (χ3v) is 3.32. The van der Waals surface area contributed by atoms with E-state index in [4.69, 9.17) is 5.73 Å². The van der Waals surface area contributed by atoms with Crippen molar-refractivity contribution in [3.8, 4) is 0 Å². The van der Waals surface area contributed by atoms with Crippen molar-refractivity contribution < 1.29 is 9.59 Å². The first-order valence-corrected chi connectivity index (χ1v) is 7.07. The van der Waals surface area contributed by atoms with Gasteiger partial charge in [-0.15, -0.1) is 0 Å². The summed E-state index contributed by atoms with van der Waals surface area (Å²) in [6.07, 6.45) is 5.50. The van der Waals surface area contributed by atoms with Gasteiger partial charge >= 0.3 is 0 Å². The Morgan fingerprint density at radius 1 is 1.11 bits per heavy atom. The van der Waals surface area contributed by atoms with Gasteiger partial charge in [0, 0.05) is 17.5 Å². The zero-order chi connectivity index (χ0) is 14.5. The summed E-state index contributed by atoms with van der Waals surface area (Å²) in [5.74, 6) is -0.302. The summed E-state index contributed by atoms with van der Waals surface area (Å²) in [7, 11) is 0. The monoisotopic (exact) mass is 269 g/mol. The maximum Gasteiger partial charge on any atom is 0.239 e. The number of carbonyl (C=O) groups is 2. The van der Waals surface area contributed by atoms with Crippen molar-refractivity contribution in [2.24, 2.45) is 5.73 Å². The summed E-state index contributed by atoms with van der Waals surface area (Å²) in [6.45, 7) is 5.74. The van der Waals surface area contributed by atoms with Crippen LogP contribution in [0.5, 0.6) is 0 Å². The minimum atomic E-state index is -0.372. The molecule has 2 amide bonds. The van der Waals surface area contributed by atoms with Crippen LogP contribution in [0.4, 0.5) is 0 Å². The van der Waals surface area contributed by atoms with Crippen LogP contribution >= 0.6 is 0 Å². The Labute approximate surface area is 115 Å². The number of rotatable bonds is 4. The fraction of sp³-hybridized carbons (Fsp3) is 0.857. The molecule has 0 aliphatic heterocycles. The van der Waals surface area contributed by atoms with Gasteiger partial charge in [-0.1, -0.05) is 19.3 Å². The second kappa shape index (κ2) is 6.37. The van der Waals surface area contributed by atoms with E-state index >= 15 is 0 Å². The molecule has 110 valence electrons. The second-order valence-corrected chi connectivity index (χ2v) is 6.67. The molecule has 0 atom stereocenters. The number of hydrogen-bond donors (Lipinski definition) is 3. The van der Waals surface area contributed by atoms with Crippen molar-refractivity contribution in [1.29, 1.82) is 0 Å². The van der Waals surface area contributed by atoms with Crippen LogP contribution in [0.25, 0.3) is 0 Å². The molecule has 4 N–H and O–H groups in total. The minimum Gasteiger partial charge on any atom is -0.350 e. The van der Waals surface area contributed by atoms with Gasteiger partial charge in [0.05, 0.1) is 6.54 Å². The van der Waals surface area contributed by atoms with Gasteiger partial charge in [-0.25, -0.2) is 0 Å². The maximum absolute atomic E-state index is 11.8. The third kappa shape index (κ3) is 6.57. The van der Waals surface area contributed by atoms with E-state index in [9.17, 15) is 9.59 Å². The molecule has 1 aliphatic rings. The normalized spacial score (nSPS) is 18.7. The smallest absolute Gasteiger partial charge is 0.239 e. The Kier molecular flexibility index (Phi) is 5.35. The van der Waals surface area contributed by atoms with E-state index in [2.05, 4.69) is 10.6 Å². The summed E-state index contributed by atoms with van der Waals surface area (Å²) >= 11 is 0. The van der Waals surface area contributed by atoms with Crippen LogP contribution in [0.3, 0.4) is 0 Å². The topological polar surface area (TPSA) is 84.2 Å². The molecule has 0 saturated heterocycles. The molecule has 1 saturated carbocycles. The van der Waals surface area contributed by atoms with Crippen molar-refractivity contribution >= 4 is 11.8 Å². The molecule has 1 rings (SSSR count). The van der Waals surface area contributed by atoms with Crippen LogP contribution in [0.1, 0.15) is 59.3 Å². The highest BCUT2D eigenvalue weighted by molar-refractivity contribution is 5.85. The molecule has 0 aromatic heterocycles. The van der Waals surface area contributed by atoms with Crippen LogP contribution in [-0.2, 0) is 9.59 Å². The molecular formula is C14H27N3O2. The van der Waals surface area contributed by atoms with E-state index in [0.29, 0.717) is 6.42 Å². The fourth-order valence-electron chi connectivity index (χ4n) is 2.46. The molecule has 5 heteroatoms. The van der Waals surface area contributed by atoms with Crippen molar-refractivity contribution in [3.05, 3.63) is 0 Å². The van der Waals surface area contributed by atoms with Crippen LogP contribution < -0.4 is 16.4 Å². The molecule has 0 unspecified atom stereocenters. The largest absolute Gasteiger partial charge is 0.350 e. The Hall–Kier alpha value is -1.10. The molecule has 1 aliphatic carbocycles. The Morgan fingerprint density at radius 2 is 1.68 bits per heavy atom. The Morgan fingerprint density at radius 3 is 2.21 bits per heavy atom. The maximum atomic E-state index is 11.8. The lowest BCUT2D eigenvalue weighted by atomic mass is 9.80. The van der Waals surface area contributed by atoms with Gasteiger partial charge in [0.15, 0.2) is 0 Å². The number of amides is 2. The fourth-order valence-corrected chi connectivity index (χ4v) is 2.46. The van der Waals surface area contributed by atoms with Gasteiger partial charge in [-0.2, -0.15) is 0 Å². The molecule has 0 spiro atoms. The summed E-state index contributed by atoms with van der Waals surface area (Å²) in [5.41, 5.74) is 5.56. The first-order chi connectivity index (χ1) is 8.70. The van der Waals surface area contributed by atoms with E-state index in [-0.39, 0.29) is 29.4 Å². The molecule has 19 heavy (non-hydrogen) atoms. The van der Waals surface area contributed by atoms with E-state index in [1.807, 2.05) is 20.8 Å². The molecule has 0 heterocycles. The molecule has 1 fully saturated rings. The number of nitrogens with two attached hydrogens (primary N) is 1. The van der Waals surface area contributed by atoms with Crippen molar-refractivity contribution in [2.45, 2.75) is 70.4 Å². The van der Waals surface area contributed by atoms with Gasteiger partial charge in [0.25, 0.3) is 0 Å². The Bertz CT molecular complexity index is 328. The Balaban J connectivity index is 2.29. The highest BCUT2D eigenvalue weighted by atomic mass is 16.2. The third-order valence-electron chi connectivity index (χ3n) is 3.32. The lowest BCUT2D eigenvalue weighted by Crippen LogP contribution is -2.49. The molecular weight excluding hydrogens is 242 g/mol. The number of hydrogen-bond acceptors (Lipinski definition) is 3. The summed E-state index contributed by atoms with van der Waals surface area (Å²) < 4.78 is 0. The van der Waals surface area contributed by atoms with E-state index < -0.39 is 0 Å². The molecule has 0 bridgehead atoms. The molecule has 5 nitrogen and oxygen atoms in total. The first kappa shape index (κ1) is 16.0. The van der Waals surface area contributed by atoms with Crippen molar-refractivity contribution in [1.82, 2.24) is 10.6 Å². The number of nitrogens with one attached hydrogen (secondary N) is 2. The average molecular weight is 269 g/mol. The van der Waals surface area contributed by atoms with Crippen LogP contribution in [-0.4, -0.2) is 29.4 Å². The first-order valence-electron chi connectivity index (χ1n) is 7.07. The summed E-state index contributed by atoms with van der Waals surface area (Å²) in [5, 5.41) is 5.45. The van der Waals surface area contributed by atoms with Gasteiger partial charge in [0.1, 0.15) is 0 Å². The molecule has 0 aromatic carbocycles. The van der Waals surface area contributed by atoms with Gasteiger partial charge in [0.2, 0.25) is 11.8 Å².